The van der Waals surface area contributed by atoms with Crippen LogP contribution in [0.3, 0.4) is 0 Å². The van der Waals surface area contributed by atoms with Gasteiger partial charge in [0.1, 0.15) is 0 Å². The van der Waals surface area contributed by atoms with Crippen molar-refractivity contribution in [2.75, 3.05) is 7.11 Å². The lowest BCUT2D eigenvalue weighted by atomic mass is 9.74. The maximum atomic E-state index is 5.95. The van der Waals surface area contributed by atoms with Crippen LogP contribution in [0.4, 0.5) is 0 Å². The van der Waals surface area contributed by atoms with E-state index < -0.39 is 0 Å². The fourth-order valence-corrected chi connectivity index (χ4v) is 4.37. The molecule has 20 heavy (non-hydrogen) atoms. The minimum absolute atomic E-state index is 0.125. The molecule has 1 heterocycles. The fraction of sp³-hybridized carbons (Fsp3) is 0.800. The Morgan fingerprint density at radius 1 is 1.55 bits per heavy atom. The number of hydrazine groups is 1. The SMILES string of the molecule is COC1(C(Cc2nc(C)c(C)s2)NN)CCCC(C)C1. The third-order valence-electron chi connectivity index (χ3n) is 4.69. The second kappa shape index (κ2) is 6.52. The van der Waals surface area contributed by atoms with E-state index >= 15 is 0 Å². The van der Waals surface area contributed by atoms with E-state index in [0.717, 1.165) is 30.0 Å². The predicted octanol–water partition coefficient (Wildman–Crippen LogP) is 2.73. The smallest absolute Gasteiger partial charge is 0.0948 e. The number of hydrogen-bond acceptors (Lipinski definition) is 5. The van der Waals surface area contributed by atoms with Crippen molar-refractivity contribution < 1.29 is 4.74 Å². The molecule has 1 saturated carbocycles. The topological polar surface area (TPSA) is 60.2 Å². The molecule has 1 aromatic heterocycles. The van der Waals surface area contributed by atoms with Gasteiger partial charge in [0.05, 0.1) is 22.3 Å². The molecule has 1 aromatic rings. The number of aromatic nitrogens is 1. The molecule has 0 aromatic carbocycles. The highest BCUT2D eigenvalue weighted by molar-refractivity contribution is 7.11. The summed E-state index contributed by atoms with van der Waals surface area (Å²) in [5.41, 5.74) is 3.98. The summed E-state index contributed by atoms with van der Waals surface area (Å²) in [6.45, 7) is 6.49. The van der Waals surface area contributed by atoms with Crippen molar-refractivity contribution in [1.29, 1.82) is 0 Å². The Hall–Kier alpha value is -0.490. The number of nitrogens with zero attached hydrogens (tertiary/aromatic N) is 1. The van der Waals surface area contributed by atoms with Gasteiger partial charge in [-0.25, -0.2) is 4.98 Å². The van der Waals surface area contributed by atoms with Gasteiger partial charge in [-0.2, -0.15) is 0 Å². The lowest BCUT2D eigenvalue weighted by molar-refractivity contribution is -0.0791. The van der Waals surface area contributed by atoms with Crippen LogP contribution in [-0.2, 0) is 11.2 Å². The Bertz CT molecular complexity index is 429. The quantitative estimate of drug-likeness (QED) is 0.648. The molecule has 0 radical (unpaired) electrons. The van der Waals surface area contributed by atoms with Crippen LogP contribution in [0.15, 0.2) is 0 Å². The molecule has 3 unspecified atom stereocenters. The van der Waals surface area contributed by atoms with E-state index in [0.29, 0.717) is 5.92 Å². The molecule has 5 heteroatoms. The van der Waals surface area contributed by atoms with Gasteiger partial charge in [-0.3, -0.25) is 11.3 Å². The highest BCUT2D eigenvalue weighted by Gasteiger charge is 2.42. The van der Waals surface area contributed by atoms with Gasteiger partial charge in [0.15, 0.2) is 0 Å². The molecule has 0 spiro atoms. The van der Waals surface area contributed by atoms with E-state index in [1.165, 1.54) is 17.7 Å². The first-order valence-corrected chi connectivity index (χ1v) is 8.26. The Morgan fingerprint density at radius 3 is 2.80 bits per heavy atom. The van der Waals surface area contributed by atoms with Crippen LogP contribution >= 0.6 is 11.3 Å². The molecular weight excluding hydrogens is 270 g/mol. The largest absolute Gasteiger partial charge is 0.377 e. The number of hydrogen-bond donors (Lipinski definition) is 2. The van der Waals surface area contributed by atoms with Crippen molar-refractivity contribution in [1.82, 2.24) is 10.4 Å². The summed E-state index contributed by atoms with van der Waals surface area (Å²) < 4.78 is 5.95. The number of nitrogens with two attached hydrogens (primary N) is 1. The molecule has 0 amide bonds. The lowest BCUT2D eigenvalue weighted by Gasteiger charge is -2.44. The van der Waals surface area contributed by atoms with Crippen molar-refractivity contribution in [3.8, 4) is 0 Å². The Morgan fingerprint density at radius 2 is 2.30 bits per heavy atom. The molecule has 4 nitrogen and oxygen atoms in total. The number of aryl methyl sites for hydroxylation is 2. The molecule has 3 N–H and O–H groups in total. The Kier molecular flexibility index (Phi) is 5.18. The van der Waals surface area contributed by atoms with Crippen molar-refractivity contribution in [2.24, 2.45) is 11.8 Å². The van der Waals surface area contributed by atoms with E-state index in [1.54, 1.807) is 11.3 Å². The van der Waals surface area contributed by atoms with Gasteiger partial charge >= 0.3 is 0 Å². The van der Waals surface area contributed by atoms with E-state index in [-0.39, 0.29) is 11.6 Å². The van der Waals surface area contributed by atoms with Crippen LogP contribution in [0.2, 0.25) is 0 Å². The van der Waals surface area contributed by atoms with Crippen molar-refractivity contribution >= 4 is 11.3 Å². The first kappa shape index (κ1) is 15.9. The normalized spacial score (nSPS) is 28.6. The van der Waals surface area contributed by atoms with Crippen LogP contribution in [0.1, 0.15) is 48.2 Å². The second-order valence-electron chi connectivity index (χ2n) is 6.14. The van der Waals surface area contributed by atoms with Crippen LogP contribution in [0, 0.1) is 19.8 Å². The third-order valence-corrected chi connectivity index (χ3v) is 5.78. The predicted molar refractivity (Wildman–Crippen MR) is 83.8 cm³/mol. The van der Waals surface area contributed by atoms with Gasteiger partial charge in [-0.1, -0.05) is 19.8 Å². The zero-order valence-corrected chi connectivity index (χ0v) is 13.8. The lowest BCUT2D eigenvalue weighted by Crippen LogP contribution is -2.57. The standard InChI is InChI=1S/C15H27N3OS/c1-10-6-5-7-15(9-10,19-4)13(18-16)8-14-17-11(2)12(3)20-14/h10,13,18H,5-9,16H2,1-4H3. The maximum absolute atomic E-state index is 5.95. The first-order chi connectivity index (χ1) is 9.50. The highest BCUT2D eigenvalue weighted by atomic mass is 32.1. The number of thiazole rings is 1. The third kappa shape index (κ3) is 3.22. The summed E-state index contributed by atoms with van der Waals surface area (Å²) in [4.78, 5) is 5.94. The summed E-state index contributed by atoms with van der Waals surface area (Å²) in [7, 11) is 1.82. The number of nitrogens with one attached hydrogen (secondary N) is 1. The zero-order chi connectivity index (χ0) is 14.8. The maximum Gasteiger partial charge on any atom is 0.0948 e. The minimum atomic E-state index is -0.153. The van der Waals surface area contributed by atoms with Crippen LogP contribution in [0.25, 0.3) is 0 Å². The number of ether oxygens (including phenoxy) is 1. The van der Waals surface area contributed by atoms with Gasteiger partial charge in [-0.15, -0.1) is 11.3 Å². The van der Waals surface area contributed by atoms with Crippen LogP contribution < -0.4 is 11.3 Å². The highest BCUT2D eigenvalue weighted by Crippen LogP contribution is 2.38. The Labute approximate surface area is 126 Å². The van der Waals surface area contributed by atoms with Crippen molar-refractivity contribution in [3.63, 3.8) is 0 Å². The number of methoxy groups -OCH3 is 1. The van der Waals surface area contributed by atoms with Gasteiger partial charge in [0.25, 0.3) is 0 Å². The fourth-order valence-electron chi connectivity index (χ4n) is 3.39. The second-order valence-corrected chi connectivity index (χ2v) is 7.43. The van der Waals surface area contributed by atoms with E-state index in [1.807, 2.05) is 7.11 Å². The molecule has 2 rings (SSSR count). The molecule has 0 aliphatic heterocycles. The number of rotatable bonds is 5. The summed E-state index contributed by atoms with van der Waals surface area (Å²) in [5, 5.41) is 1.15. The first-order valence-electron chi connectivity index (χ1n) is 7.45. The molecule has 0 saturated heterocycles. The van der Waals surface area contributed by atoms with Gasteiger partial charge in [0, 0.05) is 18.4 Å². The summed E-state index contributed by atoms with van der Waals surface area (Å²) in [5.74, 6) is 6.54. The Balaban J connectivity index is 2.16. The monoisotopic (exact) mass is 297 g/mol. The molecule has 0 bridgehead atoms. The molecule has 114 valence electrons. The van der Waals surface area contributed by atoms with Gasteiger partial charge < -0.3 is 4.74 Å². The average Bonchev–Trinajstić information content (AvgIpc) is 2.74. The van der Waals surface area contributed by atoms with E-state index in [2.05, 4.69) is 31.2 Å². The van der Waals surface area contributed by atoms with Gasteiger partial charge in [0.2, 0.25) is 0 Å². The van der Waals surface area contributed by atoms with Crippen molar-refractivity contribution in [3.05, 3.63) is 15.6 Å². The molecule has 1 aliphatic carbocycles. The van der Waals surface area contributed by atoms with Gasteiger partial charge in [-0.05, 0) is 32.6 Å². The molecule has 3 atom stereocenters. The molecule has 1 fully saturated rings. The zero-order valence-electron chi connectivity index (χ0n) is 13.0. The molecule has 1 aliphatic rings. The van der Waals surface area contributed by atoms with E-state index in [4.69, 9.17) is 10.6 Å². The summed E-state index contributed by atoms with van der Waals surface area (Å²) >= 11 is 1.77. The summed E-state index contributed by atoms with van der Waals surface area (Å²) in [6.07, 6.45) is 5.49. The van der Waals surface area contributed by atoms with Crippen LogP contribution in [-0.4, -0.2) is 23.7 Å². The van der Waals surface area contributed by atoms with E-state index in [9.17, 15) is 0 Å². The minimum Gasteiger partial charge on any atom is -0.377 e. The molecular formula is C15H27N3OS. The average molecular weight is 297 g/mol. The summed E-state index contributed by atoms with van der Waals surface area (Å²) in [6, 6.07) is 0.125. The van der Waals surface area contributed by atoms with Crippen molar-refractivity contribution in [2.45, 2.75) is 64.5 Å². The van der Waals surface area contributed by atoms with Crippen LogP contribution in [0.5, 0.6) is 0 Å².